The summed E-state index contributed by atoms with van der Waals surface area (Å²) in [5, 5.41) is 8.60. The molecule has 1 saturated heterocycles. The summed E-state index contributed by atoms with van der Waals surface area (Å²) in [5.41, 5.74) is 2.07. The van der Waals surface area contributed by atoms with Crippen molar-refractivity contribution in [3.8, 4) is 11.5 Å². The monoisotopic (exact) mass is 339 g/mol. The number of hydrogen-bond acceptors (Lipinski definition) is 5. The number of aryl methyl sites for hydroxylation is 1. The summed E-state index contributed by atoms with van der Waals surface area (Å²) >= 11 is 1.46. The second kappa shape index (κ2) is 6.97. The van der Waals surface area contributed by atoms with Crippen LogP contribution < -0.4 is 0 Å². The van der Waals surface area contributed by atoms with Crippen molar-refractivity contribution in [1.82, 2.24) is 15.1 Å². The van der Waals surface area contributed by atoms with E-state index in [1.165, 1.54) is 17.3 Å². The number of likely N-dealkylation sites (tertiary alicyclic amines) is 1. The molecule has 0 amide bonds. The lowest BCUT2D eigenvalue weighted by Gasteiger charge is -2.31. The normalized spacial score (nSPS) is 18.2. The van der Waals surface area contributed by atoms with Gasteiger partial charge >= 0.3 is 0 Å². The van der Waals surface area contributed by atoms with Gasteiger partial charge in [0.15, 0.2) is 0 Å². The highest BCUT2D eigenvalue weighted by Crippen LogP contribution is 2.28. The Kier molecular flexibility index (Phi) is 4.96. The van der Waals surface area contributed by atoms with Crippen LogP contribution in [0.25, 0.3) is 11.5 Å². The van der Waals surface area contributed by atoms with Gasteiger partial charge in [-0.2, -0.15) is 0 Å². The summed E-state index contributed by atoms with van der Waals surface area (Å²) in [6.07, 6.45) is -0.0917. The topological polar surface area (TPSA) is 42.2 Å². The van der Waals surface area contributed by atoms with E-state index in [-0.39, 0.29) is 12.8 Å². The van der Waals surface area contributed by atoms with Crippen molar-refractivity contribution in [1.29, 1.82) is 0 Å². The smallest absolute Gasteiger partial charge is 0.276 e. The molecular weight excluding hydrogens is 320 g/mol. The van der Waals surface area contributed by atoms with Gasteiger partial charge in [-0.15, -0.1) is 10.2 Å². The molecule has 2 heterocycles. The first-order valence-electron chi connectivity index (χ1n) is 7.65. The lowest BCUT2D eigenvalue weighted by atomic mass is 10.1. The molecule has 1 aliphatic rings. The SMILES string of the molecule is Cc1ccc(-c2nnc(SCCN3CCC(F)(F)CC3)o2)cc1. The quantitative estimate of drug-likeness (QED) is 0.774. The predicted octanol–water partition coefficient (Wildman–Crippen LogP) is 3.87. The number of benzene rings is 1. The van der Waals surface area contributed by atoms with Gasteiger partial charge in [-0.05, 0) is 19.1 Å². The van der Waals surface area contributed by atoms with Gasteiger partial charge in [0.25, 0.3) is 11.1 Å². The average Bonchev–Trinajstić information content (AvgIpc) is 2.99. The highest BCUT2D eigenvalue weighted by atomic mass is 32.2. The van der Waals surface area contributed by atoms with Gasteiger partial charge in [-0.25, -0.2) is 8.78 Å². The fraction of sp³-hybridized carbons (Fsp3) is 0.500. The number of thioether (sulfide) groups is 1. The molecule has 2 aromatic rings. The number of alkyl halides is 2. The zero-order valence-electron chi connectivity index (χ0n) is 13.0. The molecule has 0 unspecified atom stereocenters. The minimum atomic E-state index is -2.49. The molecule has 1 aromatic heterocycles. The van der Waals surface area contributed by atoms with E-state index in [0.29, 0.717) is 24.2 Å². The molecule has 0 spiro atoms. The molecule has 4 nitrogen and oxygen atoms in total. The van der Waals surface area contributed by atoms with Gasteiger partial charge in [0.1, 0.15) is 0 Å². The summed E-state index contributed by atoms with van der Waals surface area (Å²) in [6, 6.07) is 7.90. The number of piperidine rings is 1. The maximum absolute atomic E-state index is 13.1. The fourth-order valence-electron chi connectivity index (χ4n) is 2.45. The van der Waals surface area contributed by atoms with Crippen LogP contribution >= 0.6 is 11.8 Å². The van der Waals surface area contributed by atoms with Gasteiger partial charge in [-0.1, -0.05) is 29.5 Å². The highest BCUT2D eigenvalue weighted by molar-refractivity contribution is 7.99. The first-order chi connectivity index (χ1) is 11.0. The van der Waals surface area contributed by atoms with Crippen LogP contribution in [-0.4, -0.2) is 46.4 Å². The van der Waals surface area contributed by atoms with Crippen LogP contribution in [-0.2, 0) is 0 Å². The van der Waals surface area contributed by atoms with Crippen molar-refractivity contribution in [3.05, 3.63) is 29.8 Å². The average molecular weight is 339 g/mol. The Hall–Kier alpha value is -1.47. The van der Waals surface area contributed by atoms with Crippen LogP contribution in [0.15, 0.2) is 33.9 Å². The molecule has 0 aliphatic carbocycles. The number of nitrogens with zero attached hydrogens (tertiary/aromatic N) is 3. The standard InChI is InChI=1S/C16H19F2N3OS/c1-12-2-4-13(5-3-12)14-19-20-15(22-14)23-11-10-21-8-6-16(17,18)7-9-21/h2-5H,6-11H2,1H3. The predicted molar refractivity (Wildman–Crippen MR) is 85.8 cm³/mol. The van der Waals surface area contributed by atoms with E-state index in [1.807, 2.05) is 31.2 Å². The Labute approximate surface area is 138 Å². The van der Waals surface area contributed by atoms with Crippen molar-refractivity contribution in [2.75, 3.05) is 25.4 Å². The van der Waals surface area contributed by atoms with Crippen LogP contribution in [0.4, 0.5) is 8.78 Å². The van der Waals surface area contributed by atoms with Crippen LogP contribution in [0.5, 0.6) is 0 Å². The van der Waals surface area contributed by atoms with E-state index in [2.05, 4.69) is 15.1 Å². The summed E-state index contributed by atoms with van der Waals surface area (Å²) < 4.78 is 31.8. The Bertz CT molecular complexity index is 635. The largest absolute Gasteiger partial charge is 0.411 e. The van der Waals surface area contributed by atoms with E-state index < -0.39 is 5.92 Å². The minimum absolute atomic E-state index is 0.0458. The Morgan fingerprint density at radius 3 is 2.57 bits per heavy atom. The maximum Gasteiger partial charge on any atom is 0.276 e. The molecule has 0 saturated carbocycles. The van der Waals surface area contributed by atoms with Crippen molar-refractivity contribution in [3.63, 3.8) is 0 Å². The molecule has 0 N–H and O–H groups in total. The second-order valence-corrected chi connectivity index (χ2v) is 6.83. The molecule has 1 aliphatic heterocycles. The number of aromatic nitrogens is 2. The van der Waals surface area contributed by atoms with E-state index >= 15 is 0 Å². The van der Waals surface area contributed by atoms with Crippen molar-refractivity contribution >= 4 is 11.8 Å². The Morgan fingerprint density at radius 2 is 1.87 bits per heavy atom. The molecule has 0 bridgehead atoms. The lowest BCUT2D eigenvalue weighted by molar-refractivity contribution is -0.0539. The summed E-state index contributed by atoms with van der Waals surface area (Å²) in [5.74, 6) is -1.23. The van der Waals surface area contributed by atoms with E-state index in [0.717, 1.165) is 17.9 Å². The maximum atomic E-state index is 13.1. The summed E-state index contributed by atoms with van der Waals surface area (Å²) in [7, 11) is 0. The third-order valence-electron chi connectivity index (χ3n) is 3.93. The molecule has 0 radical (unpaired) electrons. The molecule has 23 heavy (non-hydrogen) atoms. The molecule has 124 valence electrons. The van der Waals surface area contributed by atoms with Gasteiger partial charge in [0.05, 0.1) is 0 Å². The third-order valence-corrected chi connectivity index (χ3v) is 4.72. The van der Waals surface area contributed by atoms with Crippen LogP contribution in [0, 0.1) is 6.92 Å². The molecule has 1 fully saturated rings. The van der Waals surface area contributed by atoms with Gasteiger partial charge in [0.2, 0.25) is 5.89 Å². The highest BCUT2D eigenvalue weighted by Gasteiger charge is 2.33. The van der Waals surface area contributed by atoms with E-state index in [1.54, 1.807) is 0 Å². The van der Waals surface area contributed by atoms with Crippen molar-refractivity contribution in [2.24, 2.45) is 0 Å². The van der Waals surface area contributed by atoms with E-state index in [4.69, 9.17) is 4.42 Å². The molecule has 1 aromatic carbocycles. The minimum Gasteiger partial charge on any atom is -0.411 e. The lowest BCUT2D eigenvalue weighted by Crippen LogP contribution is -2.40. The first-order valence-corrected chi connectivity index (χ1v) is 8.64. The van der Waals surface area contributed by atoms with Gasteiger partial charge in [0, 0.05) is 43.8 Å². The summed E-state index contributed by atoms with van der Waals surface area (Å²) in [4.78, 5) is 2.06. The van der Waals surface area contributed by atoms with Gasteiger partial charge < -0.3 is 9.32 Å². The number of hydrogen-bond donors (Lipinski definition) is 0. The van der Waals surface area contributed by atoms with Crippen LogP contribution in [0.3, 0.4) is 0 Å². The van der Waals surface area contributed by atoms with Gasteiger partial charge in [-0.3, -0.25) is 0 Å². The Balaban J connectivity index is 1.47. The number of halogens is 2. The van der Waals surface area contributed by atoms with E-state index in [9.17, 15) is 8.78 Å². The molecule has 7 heteroatoms. The van der Waals surface area contributed by atoms with Crippen molar-refractivity contribution in [2.45, 2.75) is 30.9 Å². The molecule has 0 atom stereocenters. The zero-order valence-corrected chi connectivity index (χ0v) is 13.8. The Morgan fingerprint density at radius 1 is 1.17 bits per heavy atom. The second-order valence-electron chi connectivity index (χ2n) is 5.79. The number of rotatable bonds is 5. The molecular formula is C16H19F2N3OS. The fourth-order valence-corrected chi connectivity index (χ4v) is 3.21. The zero-order chi connectivity index (χ0) is 16.3. The van der Waals surface area contributed by atoms with Crippen molar-refractivity contribution < 1.29 is 13.2 Å². The van der Waals surface area contributed by atoms with Crippen LogP contribution in [0.2, 0.25) is 0 Å². The summed E-state index contributed by atoms with van der Waals surface area (Å²) in [6.45, 7) is 3.68. The first kappa shape index (κ1) is 16.4. The third kappa shape index (κ3) is 4.51. The van der Waals surface area contributed by atoms with Crippen LogP contribution in [0.1, 0.15) is 18.4 Å². The molecule has 3 rings (SSSR count).